The van der Waals surface area contributed by atoms with Gasteiger partial charge in [-0.3, -0.25) is 4.79 Å². The molecule has 1 atom stereocenters. The molecule has 0 aromatic heterocycles. The lowest BCUT2D eigenvalue weighted by atomic mass is 10.3. The standard InChI is InChI=1S/C10H22N2O4S2/c1-9(6-8-17-4)12(3)18(15,16)11(2)7-5-10(13)14/h9H,5-8H2,1-4H3,(H,13,14). The average molecular weight is 298 g/mol. The Hall–Kier alpha value is -0.310. The molecule has 0 aromatic carbocycles. The van der Waals surface area contributed by atoms with E-state index in [0.29, 0.717) is 0 Å². The van der Waals surface area contributed by atoms with Gasteiger partial charge in [-0.05, 0) is 25.4 Å². The highest BCUT2D eigenvalue weighted by Crippen LogP contribution is 2.13. The number of carboxylic acid groups (broad SMARTS) is 1. The molecule has 0 aromatic rings. The molecule has 0 saturated heterocycles. The van der Waals surface area contributed by atoms with Gasteiger partial charge in [0.1, 0.15) is 0 Å². The minimum Gasteiger partial charge on any atom is -0.481 e. The summed E-state index contributed by atoms with van der Waals surface area (Å²) >= 11 is 1.67. The molecule has 1 unspecified atom stereocenters. The molecule has 8 heteroatoms. The van der Waals surface area contributed by atoms with Crippen LogP contribution in [0.1, 0.15) is 19.8 Å². The summed E-state index contributed by atoms with van der Waals surface area (Å²) in [4.78, 5) is 10.4. The monoisotopic (exact) mass is 298 g/mol. The summed E-state index contributed by atoms with van der Waals surface area (Å²) in [6.45, 7) is 1.83. The number of hydrogen-bond donors (Lipinski definition) is 1. The Labute approximate surface area is 114 Å². The smallest absolute Gasteiger partial charge is 0.304 e. The van der Waals surface area contributed by atoms with Crippen molar-refractivity contribution in [2.45, 2.75) is 25.8 Å². The second-order valence-corrected chi connectivity index (χ2v) is 7.20. The van der Waals surface area contributed by atoms with Crippen molar-refractivity contribution in [2.75, 3.05) is 32.6 Å². The van der Waals surface area contributed by atoms with Gasteiger partial charge in [0.2, 0.25) is 0 Å². The molecule has 0 amide bonds. The molecule has 108 valence electrons. The lowest BCUT2D eigenvalue weighted by molar-refractivity contribution is -0.137. The lowest BCUT2D eigenvalue weighted by Gasteiger charge is -2.28. The molecule has 0 saturated carbocycles. The molecule has 0 aliphatic rings. The van der Waals surface area contributed by atoms with Crippen molar-refractivity contribution in [3.8, 4) is 0 Å². The van der Waals surface area contributed by atoms with Crippen molar-refractivity contribution in [1.82, 2.24) is 8.61 Å². The Morgan fingerprint density at radius 1 is 1.39 bits per heavy atom. The van der Waals surface area contributed by atoms with E-state index in [1.807, 2.05) is 13.2 Å². The van der Waals surface area contributed by atoms with Crippen LogP contribution in [0.3, 0.4) is 0 Å². The van der Waals surface area contributed by atoms with Crippen LogP contribution in [0.4, 0.5) is 0 Å². The SMILES string of the molecule is CSCCC(C)N(C)S(=O)(=O)N(C)CCC(=O)O. The number of aliphatic carboxylic acids is 1. The number of thioether (sulfide) groups is 1. The molecule has 1 N–H and O–H groups in total. The van der Waals surface area contributed by atoms with E-state index in [2.05, 4.69) is 0 Å². The predicted octanol–water partition coefficient (Wildman–Crippen LogP) is 0.711. The summed E-state index contributed by atoms with van der Waals surface area (Å²) in [5, 5.41) is 8.55. The Bertz CT molecular complexity index is 359. The van der Waals surface area contributed by atoms with Crippen molar-refractivity contribution in [1.29, 1.82) is 0 Å². The van der Waals surface area contributed by atoms with Gasteiger partial charge < -0.3 is 5.11 Å². The Morgan fingerprint density at radius 3 is 2.39 bits per heavy atom. The molecule has 0 rings (SSSR count). The fourth-order valence-electron chi connectivity index (χ4n) is 1.29. The Balaban J connectivity index is 4.54. The zero-order chi connectivity index (χ0) is 14.3. The second kappa shape index (κ2) is 7.98. The van der Waals surface area contributed by atoms with E-state index in [-0.39, 0.29) is 19.0 Å². The molecule has 0 radical (unpaired) electrons. The van der Waals surface area contributed by atoms with E-state index in [1.165, 1.54) is 18.4 Å². The maximum Gasteiger partial charge on any atom is 0.304 e. The fraction of sp³-hybridized carbons (Fsp3) is 0.900. The van der Waals surface area contributed by atoms with Gasteiger partial charge in [0.15, 0.2) is 0 Å². The van der Waals surface area contributed by atoms with E-state index in [1.54, 1.807) is 11.8 Å². The summed E-state index contributed by atoms with van der Waals surface area (Å²) < 4.78 is 26.6. The first-order chi connectivity index (χ1) is 8.23. The number of rotatable bonds is 9. The van der Waals surface area contributed by atoms with Crippen LogP contribution in [0, 0.1) is 0 Å². The van der Waals surface area contributed by atoms with Crippen molar-refractivity contribution in [3.63, 3.8) is 0 Å². The molecule has 18 heavy (non-hydrogen) atoms. The second-order valence-electron chi connectivity index (χ2n) is 4.12. The molecule has 0 bridgehead atoms. The van der Waals surface area contributed by atoms with Crippen LogP contribution in [-0.4, -0.2) is 66.8 Å². The summed E-state index contributed by atoms with van der Waals surface area (Å²) in [6, 6.07) is -0.102. The maximum atomic E-state index is 12.1. The molecule has 6 nitrogen and oxygen atoms in total. The van der Waals surface area contributed by atoms with Gasteiger partial charge in [0, 0.05) is 26.7 Å². The van der Waals surface area contributed by atoms with Crippen LogP contribution in [0.25, 0.3) is 0 Å². The zero-order valence-electron chi connectivity index (χ0n) is 11.3. The van der Waals surface area contributed by atoms with E-state index in [4.69, 9.17) is 5.11 Å². The molecular weight excluding hydrogens is 276 g/mol. The minimum absolute atomic E-state index is 0.0166. The molecule has 0 heterocycles. The topological polar surface area (TPSA) is 77.9 Å². The van der Waals surface area contributed by atoms with Crippen molar-refractivity contribution >= 4 is 27.9 Å². The van der Waals surface area contributed by atoms with Crippen molar-refractivity contribution in [2.24, 2.45) is 0 Å². The first kappa shape index (κ1) is 17.7. The molecular formula is C10H22N2O4S2. The quantitative estimate of drug-likeness (QED) is 0.678. The highest BCUT2D eigenvalue weighted by atomic mass is 32.2. The van der Waals surface area contributed by atoms with Crippen LogP contribution < -0.4 is 0 Å². The zero-order valence-corrected chi connectivity index (χ0v) is 12.9. The van der Waals surface area contributed by atoms with E-state index < -0.39 is 16.2 Å². The minimum atomic E-state index is -3.57. The van der Waals surface area contributed by atoms with Gasteiger partial charge in [0.05, 0.1) is 6.42 Å². The first-order valence-corrected chi connectivity index (χ1v) is 8.42. The number of carbonyl (C=O) groups is 1. The largest absolute Gasteiger partial charge is 0.481 e. The van der Waals surface area contributed by atoms with Gasteiger partial charge >= 0.3 is 5.97 Å². The number of nitrogens with zero attached hydrogens (tertiary/aromatic N) is 2. The van der Waals surface area contributed by atoms with Gasteiger partial charge in [-0.2, -0.15) is 28.8 Å². The maximum absolute atomic E-state index is 12.1. The molecule has 0 spiro atoms. The third kappa shape index (κ3) is 5.55. The fourth-order valence-corrected chi connectivity index (χ4v) is 3.18. The van der Waals surface area contributed by atoms with Gasteiger partial charge in [-0.1, -0.05) is 0 Å². The van der Waals surface area contributed by atoms with Crippen molar-refractivity contribution < 1.29 is 18.3 Å². The predicted molar refractivity (Wildman–Crippen MR) is 74.0 cm³/mol. The van der Waals surface area contributed by atoms with Gasteiger partial charge in [-0.25, -0.2) is 0 Å². The number of carboxylic acids is 1. The first-order valence-electron chi connectivity index (χ1n) is 5.63. The average Bonchev–Trinajstić information content (AvgIpc) is 2.31. The molecule has 0 aliphatic heterocycles. The third-order valence-electron chi connectivity index (χ3n) is 2.76. The lowest BCUT2D eigenvalue weighted by Crippen LogP contribution is -2.44. The van der Waals surface area contributed by atoms with Crippen LogP contribution >= 0.6 is 11.8 Å². The molecule has 0 aliphatic carbocycles. The number of hydrogen-bond acceptors (Lipinski definition) is 4. The summed E-state index contributed by atoms with van der Waals surface area (Å²) in [7, 11) is -0.646. The van der Waals surface area contributed by atoms with Gasteiger partial charge in [0.25, 0.3) is 10.2 Å². The van der Waals surface area contributed by atoms with Crippen LogP contribution in [-0.2, 0) is 15.0 Å². The highest BCUT2D eigenvalue weighted by molar-refractivity contribution is 7.98. The Morgan fingerprint density at radius 2 is 1.94 bits per heavy atom. The van der Waals surface area contributed by atoms with Crippen LogP contribution in [0.5, 0.6) is 0 Å². The van der Waals surface area contributed by atoms with Crippen LogP contribution in [0.2, 0.25) is 0 Å². The van der Waals surface area contributed by atoms with Crippen molar-refractivity contribution in [3.05, 3.63) is 0 Å². The third-order valence-corrected chi connectivity index (χ3v) is 5.46. The Kier molecular flexibility index (Phi) is 7.84. The van der Waals surface area contributed by atoms with E-state index in [0.717, 1.165) is 16.5 Å². The van der Waals surface area contributed by atoms with E-state index in [9.17, 15) is 13.2 Å². The van der Waals surface area contributed by atoms with Gasteiger partial charge in [-0.15, -0.1) is 0 Å². The normalized spacial score (nSPS) is 14.1. The van der Waals surface area contributed by atoms with Crippen LogP contribution in [0.15, 0.2) is 0 Å². The summed E-state index contributed by atoms with van der Waals surface area (Å²) in [5.41, 5.74) is 0. The summed E-state index contributed by atoms with van der Waals surface area (Å²) in [6.07, 6.45) is 2.55. The summed E-state index contributed by atoms with van der Waals surface area (Å²) in [5.74, 6) is -0.116. The van der Waals surface area contributed by atoms with E-state index >= 15 is 0 Å². The molecule has 0 fully saturated rings. The highest BCUT2D eigenvalue weighted by Gasteiger charge is 2.27.